The van der Waals surface area contributed by atoms with Crippen molar-refractivity contribution >= 4 is 16.8 Å². The number of carbonyl (C=O) groups is 1. The third-order valence-electron chi connectivity index (χ3n) is 6.44. The van der Waals surface area contributed by atoms with E-state index in [1.54, 1.807) is 14.2 Å². The van der Waals surface area contributed by atoms with Gasteiger partial charge in [-0.2, -0.15) is 0 Å². The molecule has 0 saturated carbocycles. The summed E-state index contributed by atoms with van der Waals surface area (Å²) in [6.45, 7) is 3.27. The van der Waals surface area contributed by atoms with E-state index < -0.39 is 0 Å². The predicted molar refractivity (Wildman–Crippen MR) is 110 cm³/mol. The molecule has 2 atom stereocenters. The van der Waals surface area contributed by atoms with Gasteiger partial charge in [0.2, 0.25) is 0 Å². The number of fused-ring (bicyclic) bond motifs is 2. The van der Waals surface area contributed by atoms with Gasteiger partial charge in [-0.05, 0) is 56.8 Å². The molecule has 28 heavy (non-hydrogen) atoms. The third-order valence-corrected chi connectivity index (χ3v) is 6.44. The Morgan fingerprint density at radius 3 is 2.64 bits per heavy atom. The molecule has 1 aromatic carbocycles. The molecule has 1 amide bonds. The molecule has 4 rings (SSSR count). The minimum atomic E-state index is 0.0436. The Morgan fingerprint density at radius 1 is 1.11 bits per heavy atom. The Kier molecular flexibility index (Phi) is 5.49. The van der Waals surface area contributed by atoms with E-state index in [4.69, 9.17) is 9.47 Å². The van der Waals surface area contributed by atoms with Gasteiger partial charge in [0.05, 0.1) is 14.2 Å². The van der Waals surface area contributed by atoms with Crippen molar-refractivity contribution in [2.75, 3.05) is 40.9 Å². The monoisotopic (exact) mass is 385 g/mol. The number of hydrogen-bond acceptors (Lipinski definition) is 4. The number of nitrogens with one attached hydrogen (secondary N) is 1. The minimum Gasteiger partial charge on any atom is -0.493 e. The topological polar surface area (TPSA) is 57.8 Å². The lowest BCUT2D eigenvalue weighted by Crippen LogP contribution is -2.51. The Morgan fingerprint density at radius 2 is 1.86 bits per heavy atom. The van der Waals surface area contributed by atoms with Gasteiger partial charge in [-0.15, -0.1) is 0 Å². The second-order valence-electron chi connectivity index (χ2n) is 8.16. The highest BCUT2D eigenvalue weighted by molar-refractivity contribution is 5.98. The van der Waals surface area contributed by atoms with Crippen LogP contribution in [0.25, 0.3) is 10.9 Å². The summed E-state index contributed by atoms with van der Waals surface area (Å²) >= 11 is 0. The number of piperidine rings is 2. The number of benzene rings is 1. The molecule has 3 heterocycles. The molecule has 2 aliphatic rings. The highest BCUT2D eigenvalue weighted by atomic mass is 16.5. The molecule has 2 unspecified atom stereocenters. The molecule has 2 fully saturated rings. The van der Waals surface area contributed by atoms with Gasteiger partial charge in [-0.3, -0.25) is 4.79 Å². The van der Waals surface area contributed by atoms with Gasteiger partial charge < -0.3 is 24.3 Å². The molecule has 152 valence electrons. The number of carbonyl (C=O) groups excluding carboxylic acids is 1. The summed E-state index contributed by atoms with van der Waals surface area (Å²) in [6, 6.07) is 6.34. The highest BCUT2D eigenvalue weighted by Gasteiger charge is 2.34. The van der Waals surface area contributed by atoms with Crippen LogP contribution < -0.4 is 9.47 Å². The Bertz CT molecular complexity index is 804. The van der Waals surface area contributed by atoms with Crippen LogP contribution in [0.1, 0.15) is 42.6 Å². The van der Waals surface area contributed by atoms with Crippen molar-refractivity contribution in [1.29, 1.82) is 0 Å². The summed E-state index contributed by atoms with van der Waals surface area (Å²) < 4.78 is 10.7. The van der Waals surface area contributed by atoms with Crippen molar-refractivity contribution in [3.8, 4) is 11.5 Å². The van der Waals surface area contributed by atoms with Crippen LogP contribution in [0.4, 0.5) is 0 Å². The summed E-state index contributed by atoms with van der Waals surface area (Å²) in [4.78, 5) is 20.9. The van der Waals surface area contributed by atoms with Gasteiger partial charge in [-0.1, -0.05) is 6.42 Å². The quantitative estimate of drug-likeness (QED) is 0.856. The minimum absolute atomic E-state index is 0.0436. The predicted octanol–water partition coefficient (Wildman–Crippen LogP) is 3.52. The zero-order valence-corrected chi connectivity index (χ0v) is 17.2. The summed E-state index contributed by atoms with van der Waals surface area (Å²) in [5.41, 5.74) is 1.50. The largest absolute Gasteiger partial charge is 0.493 e. The van der Waals surface area contributed by atoms with Crippen LogP contribution >= 0.6 is 0 Å². The normalized spacial score (nSPS) is 22.7. The number of methoxy groups -OCH3 is 2. The fraction of sp³-hybridized carbons (Fsp3) is 0.591. The zero-order valence-electron chi connectivity index (χ0n) is 17.2. The van der Waals surface area contributed by atoms with Crippen molar-refractivity contribution in [2.45, 2.75) is 38.1 Å². The molecule has 6 nitrogen and oxygen atoms in total. The van der Waals surface area contributed by atoms with Crippen molar-refractivity contribution in [3.05, 3.63) is 23.9 Å². The van der Waals surface area contributed by atoms with Crippen molar-refractivity contribution < 1.29 is 14.3 Å². The average molecular weight is 386 g/mol. The first-order chi connectivity index (χ1) is 13.6. The van der Waals surface area contributed by atoms with Gasteiger partial charge in [0, 0.05) is 36.6 Å². The third kappa shape index (κ3) is 3.58. The first-order valence-electron chi connectivity index (χ1n) is 10.3. The lowest BCUT2D eigenvalue weighted by molar-refractivity contribution is 0.0401. The van der Waals surface area contributed by atoms with Crippen LogP contribution in [-0.4, -0.2) is 67.6 Å². The van der Waals surface area contributed by atoms with Crippen molar-refractivity contribution in [1.82, 2.24) is 14.8 Å². The van der Waals surface area contributed by atoms with Crippen LogP contribution in [0.15, 0.2) is 18.2 Å². The molecular formula is C22H31N3O3. The summed E-state index contributed by atoms with van der Waals surface area (Å²) in [5, 5.41) is 0.950. The highest BCUT2D eigenvalue weighted by Crippen LogP contribution is 2.33. The molecular weight excluding hydrogens is 354 g/mol. The summed E-state index contributed by atoms with van der Waals surface area (Å²) in [7, 11) is 5.16. The van der Waals surface area contributed by atoms with E-state index in [0.717, 1.165) is 17.4 Å². The smallest absolute Gasteiger partial charge is 0.270 e. The maximum atomic E-state index is 13.1. The van der Waals surface area contributed by atoms with E-state index in [1.807, 2.05) is 30.1 Å². The molecule has 6 heteroatoms. The Labute approximate surface area is 166 Å². The van der Waals surface area contributed by atoms with Crippen LogP contribution in [0.3, 0.4) is 0 Å². The first kappa shape index (κ1) is 19.1. The molecule has 0 bridgehead atoms. The van der Waals surface area contributed by atoms with Crippen molar-refractivity contribution in [3.63, 3.8) is 0 Å². The number of H-pyrrole nitrogens is 1. The van der Waals surface area contributed by atoms with E-state index in [2.05, 4.69) is 9.88 Å². The number of rotatable bonds is 5. The van der Waals surface area contributed by atoms with Crippen LogP contribution in [-0.2, 0) is 0 Å². The molecule has 0 radical (unpaired) electrons. The van der Waals surface area contributed by atoms with E-state index in [0.29, 0.717) is 29.2 Å². The lowest BCUT2D eigenvalue weighted by Gasteiger charge is -2.45. The fourth-order valence-corrected chi connectivity index (χ4v) is 5.00. The van der Waals surface area contributed by atoms with Gasteiger partial charge in [0.15, 0.2) is 11.5 Å². The van der Waals surface area contributed by atoms with E-state index in [-0.39, 0.29) is 5.91 Å². The SMILES string of the molecule is COc1cc2cc(C(=O)N(C)CC3CCCN4CCCCC34)[nH]c2cc1OC. The fourth-order valence-electron chi connectivity index (χ4n) is 5.00. The summed E-state index contributed by atoms with van der Waals surface area (Å²) in [6.07, 6.45) is 6.38. The molecule has 1 aromatic heterocycles. The molecule has 2 saturated heterocycles. The van der Waals surface area contributed by atoms with Gasteiger partial charge in [0.1, 0.15) is 5.69 Å². The zero-order chi connectivity index (χ0) is 19.7. The number of hydrogen-bond donors (Lipinski definition) is 1. The van der Waals surface area contributed by atoms with E-state index >= 15 is 0 Å². The molecule has 0 aliphatic carbocycles. The molecule has 2 aliphatic heterocycles. The van der Waals surface area contributed by atoms with Crippen LogP contribution in [0, 0.1) is 5.92 Å². The number of nitrogens with zero attached hydrogens (tertiary/aromatic N) is 2. The Balaban J connectivity index is 1.50. The maximum absolute atomic E-state index is 13.1. The molecule has 1 N–H and O–H groups in total. The Hall–Kier alpha value is -2.21. The van der Waals surface area contributed by atoms with E-state index in [9.17, 15) is 4.79 Å². The van der Waals surface area contributed by atoms with Crippen molar-refractivity contribution in [2.24, 2.45) is 5.92 Å². The molecule has 2 aromatic rings. The lowest BCUT2D eigenvalue weighted by atomic mass is 9.83. The number of aromatic nitrogens is 1. The maximum Gasteiger partial charge on any atom is 0.270 e. The number of amides is 1. The molecule has 0 spiro atoms. The second-order valence-corrected chi connectivity index (χ2v) is 8.16. The second kappa shape index (κ2) is 8.03. The summed E-state index contributed by atoms with van der Waals surface area (Å²) in [5.74, 6) is 1.94. The number of ether oxygens (including phenoxy) is 2. The standard InChI is InChI=1S/C22H31N3O3/c1-24(14-15-7-6-10-25-9-5-4-8-19(15)25)22(26)18-11-16-12-20(27-2)21(28-3)13-17(16)23-18/h11-13,15,19,23H,4-10,14H2,1-3H3. The van der Waals surface area contributed by atoms with Crippen LogP contribution in [0.5, 0.6) is 11.5 Å². The van der Waals surface area contributed by atoms with Gasteiger partial charge in [0.25, 0.3) is 5.91 Å². The van der Waals surface area contributed by atoms with Gasteiger partial charge in [-0.25, -0.2) is 0 Å². The average Bonchev–Trinajstić information content (AvgIpc) is 3.15. The first-order valence-corrected chi connectivity index (χ1v) is 10.3. The number of aromatic amines is 1. The van der Waals surface area contributed by atoms with Gasteiger partial charge >= 0.3 is 0 Å². The van der Waals surface area contributed by atoms with E-state index in [1.165, 1.54) is 45.2 Å². The van der Waals surface area contributed by atoms with Crippen LogP contribution in [0.2, 0.25) is 0 Å².